The molecule has 0 amide bonds. The van der Waals surface area contributed by atoms with E-state index in [1.807, 2.05) is 36.4 Å². The molecule has 59 heavy (non-hydrogen) atoms. The molecule has 6 aromatic carbocycles. The van der Waals surface area contributed by atoms with Gasteiger partial charge in [0, 0.05) is 60.3 Å². The molecule has 9 aromatic rings. The average molecular weight is 766 g/mol. The number of allylic oxidation sites excluding steroid dienone is 4. The van der Waals surface area contributed by atoms with Crippen molar-refractivity contribution < 1.29 is 0 Å². The molecule has 2 aliphatic rings. The van der Waals surface area contributed by atoms with E-state index in [0.29, 0.717) is 17.5 Å². The number of nitrogens with zero attached hydrogens (tertiary/aromatic N) is 4. The van der Waals surface area contributed by atoms with E-state index in [0.717, 1.165) is 23.1 Å². The molecular weight excluding hydrogens is 719 g/mol. The van der Waals surface area contributed by atoms with E-state index in [4.69, 9.17) is 15.0 Å². The van der Waals surface area contributed by atoms with E-state index in [1.165, 1.54) is 65.9 Å². The summed E-state index contributed by atoms with van der Waals surface area (Å²) in [5.41, 5.74) is 13.2. The van der Waals surface area contributed by atoms with Gasteiger partial charge < -0.3 is 9.55 Å². The molecule has 5 nitrogen and oxygen atoms in total. The number of aromatic nitrogens is 5. The number of nitrogens with one attached hydrogen (secondary N) is 1. The maximum absolute atomic E-state index is 5.09. The Labute approximate surface area is 345 Å². The van der Waals surface area contributed by atoms with Crippen LogP contribution in [0.1, 0.15) is 65.1 Å². The van der Waals surface area contributed by atoms with E-state index in [9.17, 15) is 0 Å². The van der Waals surface area contributed by atoms with Crippen LogP contribution in [0.15, 0.2) is 152 Å². The van der Waals surface area contributed by atoms with Gasteiger partial charge in [0.1, 0.15) is 0 Å². The van der Waals surface area contributed by atoms with Crippen molar-refractivity contribution in [2.45, 2.75) is 64.8 Å². The minimum atomic E-state index is 0.0379. The molecule has 0 spiro atoms. The van der Waals surface area contributed by atoms with Gasteiger partial charge in [-0.15, -0.1) is 0 Å². The van der Waals surface area contributed by atoms with Gasteiger partial charge in [-0.1, -0.05) is 139 Å². The average Bonchev–Trinajstić information content (AvgIpc) is 3.83. The Kier molecular flexibility index (Phi) is 7.66. The Morgan fingerprint density at radius 1 is 0.492 bits per heavy atom. The molecule has 5 heteroatoms. The highest BCUT2D eigenvalue weighted by Crippen LogP contribution is 2.62. The zero-order chi connectivity index (χ0) is 40.3. The maximum atomic E-state index is 5.09. The first-order valence-corrected chi connectivity index (χ1v) is 20.9. The van der Waals surface area contributed by atoms with Crippen molar-refractivity contribution in [1.82, 2.24) is 24.5 Å². The number of rotatable bonds is 5. The highest BCUT2D eigenvalue weighted by molar-refractivity contribution is 6.12. The predicted octanol–water partition coefficient (Wildman–Crippen LogP) is 13.9. The lowest BCUT2D eigenvalue weighted by molar-refractivity contribution is 0.125. The van der Waals surface area contributed by atoms with E-state index >= 15 is 0 Å². The van der Waals surface area contributed by atoms with Crippen molar-refractivity contribution >= 4 is 43.6 Å². The molecule has 1 unspecified atom stereocenters. The Balaban J connectivity index is 1.09. The van der Waals surface area contributed by atoms with Crippen LogP contribution in [0.4, 0.5) is 0 Å². The van der Waals surface area contributed by atoms with Crippen LogP contribution in [0.2, 0.25) is 0 Å². The Morgan fingerprint density at radius 3 is 1.59 bits per heavy atom. The van der Waals surface area contributed by atoms with Crippen molar-refractivity contribution in [1.29, 1.82) is 0 Å². The standard InChI is InChI=1S/C54H47N5/c1-52(2)43-31-40-39-28-35(22-25-45(39)55-46(40)32-44(43)53(3,4)54(52,5)6)36-23-26-47-41(29-36)42-30-37(24-27-48(42)59(47)38-20-14-9-15-21-38)51-57-49(33-16-10-7-11-17-33)56-50(58-51)34-18-12-8-13-19-34/h7-20,22-32,38,55H,21H2,1-6H3. The summed E-state index contributed by atoms with van der Waals surface area (Å²) in [4.78, 5) is 18.9. The Hall–Kier alpha value is -6.59. The third kappa shape index (κ3) is 5.26. The Morgan fingerprint density at radius 2 is 1.00 bits per heavy atom. The van der Waals surface area contributed by atoms with Crippen LogP contribution < -0.4 is 0 Å². The van der Waals surface area contributed by atoms with Gasteiger partial charge in [-0.3, -0.25) is 0 Å². The van der Waals surface area contributed by atoms with E-state index in [1.54, 1.807) is 0 Å². The molecule has 0 aliphatic heterocycles. The smallest absolute Gasteiger partial charge is 0.164 e. The summed E-state index contributed by atoms with van der Waals surface area (Å²) in [6.45, 7) is 14.5. The molecule has 0 saturated carbocycles. The third-order valence-corrected chi connectivity index (χ3v) is 14.6. The van der Waals surface area contributed by atoms with Crippen LogP contribution >= 0.6 is 0 Å². The number of H-pyrrole nitrogens is 1. The lowest BCUT2D eigenvalue weighted by Crippen LogP contribution is -2.42. The molecule has 288 valence electrons. The second kappa shape index (κ2) is 12.7. The summed E-state index contributed by atoms with van der Waals surface area (Å²) in [5.74, 6) is 1.97. The number of hydrogen-bond donors (Lipinski definition) is 1. The van der Waals surface area contributed by atoms with Gasteiger partial charge in [0.05, 0.1) is 6.04 Å². The SMILES string of the molecule is CC1(C)c2cc3[nH]c4ccc(-c5ccc6c(c5)c5cc(-c7nc(-c8ccccc8)nc(-c8ccccc8)n7)ccc5n6C5C=CC=CC5)cc4c3cc2C(C)(C)C1(C)C. The molecule has 2 aliphatic carbocycles. The number of hydrogen-bond acceptors (Lipinski definition) is 3. The van der Waals surface area contributed by atoms with Crippen LogP contribution in [-0.4, -0.2) is 24.5 Å². The lowest BCUT2D eigenvalue weighted by Gasteiger charge is -2.44. The second-order valence-corrected chi connectivity index (χ2v) is 18.2. The first-order chi connectivity index (χ1) is 28.5. The third-order valence-electron chi connectivity index (χ3n) is 14.6. The predicted molar refractivity (Wildman–Crippen MR) is 246 cm³/mol. The summed E-state index contributed by atoms with van der Waals surface area (Å²) in [7, 11) is 0. The summed E-state index contributed by atoms with van der Waals surface area (Å²) in [6.07, 6.45) is 9.84. The van der Waals surface area contributed by atoms with Gasteiger partial charge in [0.25, 0.3) is 0 Å². The molecular formula is C54H47N5. The molecule has 0 bridgehead atoms. The maximum Gasteiger partial charge on any atom is 0.164 e. The van der Waals surface area contributed by atoms with Gasteiger partial charge >= 0.3 is 0 Å². The number of benzene rings is 6. The van der Waals surface area contributed by atoms with Crippen LogP contribution in [0, 0.1) is 5.41 Å². The van der Waals surface area contributed by atoms with E-state index < -0.39 is 0 Å². The number of aromatic amines is 1. The highest BCUT2D eigenvalue weighted by Gasteiger charge is 2.56. The summed E-state index contributed by atoms with van der Waals surface area (Å²) in [6, 6.07) is 46.1. The fraction of sp³-hybridized carbons (Fsp3) is 0.204. The van der Waals surface area contributed by atoms with Crippen molar-refractivity contribution in [2.24, 2.45) is 5.41 Å². The van der Waals surface area contributed by atoms with E-state index in [2.05, 4.69) is 166 Å². The fourth-order valence-electron chi connectivity index (χ4n) is 10.0. The summed E-state index contributed by atoms with van der Waals surface area (Å²) < 4.78 is 2.50. The first kappa shape index (κ1) is 35.6. The largest absolute Gasteiger partial charge is 0.355 e. The topological polar surface area (TPSA) is 59.4 Å². The zero-order valence-corrected chi connectivity index (χ0v) is 34.5. The normalized spacial score (nSPS) is 17.7. The van der Waals surface area contributed by atoms with Crippen LogP contribution in [0.5, 0.6) is 0 Å². The highest BCUT2D eigenvalue weighted by atomic mass is 15.0. The van der Waals surface area contributed by atoms with Crippen LogP contribution in [-0.2, 0) is 10.8 Å². The summed E-state index contributed by atoms with van der Waals surface area (Å²) >= 11 is 0. The minimum Gasteiger partial charge on any atom is -0.355 e. The molecule has 1 N–H and O–H groups in total. The van der Waals surface area contributed by atoms with Crippen molar-refractivity contribution in [2.75, 3.05) is 0 Å². The molecule has 0 saturated heterocycles. The van der Waals surface area contributed by atoms with E-state index in [-0.39, 0.29) is 22.3 Å². The first-order valence-electron chi connectivity index (χ1n) is 20.9. The molecule has 3 heterocycles. The van der Waals surface area contributed by atoms with Crippen LogP contribution in [0.3, 0.4) is 0 Å². The molecule has 0 fully saturated rings. The Bertz CT molecular complexity index is 3150. The van der Waals surface area contributed by atoms with Crippen molar-refractivity contribution in [3.63, 3.8) is 0 Å². The summed E-state index contributed by atoms with van der Waals surface area (Å²) in [5, 5.41) is 4.96. The lowest BCUT2D eigenvalue weighted by atomic mass is 9.59. The number of fused-ring (bicyclic) bond motifs is 7. The fourth-order valence-corrected chi connectivity index (χ4v) is 10.0. The van der Waals surface area contributed by atoms with Crippen LogP contribution in [0.25, 0.3) is 88.9 Å². The monoisotopic (exact) mass is 765 g/mol. The van der Waals surface area contributed by atoms with Gasteiger partial charge in [-0.25, -0.2) is 15.0 Å². The quantitative estimate of drug-likeness (QED) is 0.190. The molecule has 11 rings (SSSR count). The zero-order valence-electron chi connectivity index (χ0n) is 34.5. The van der Waals surface area contributed by atoms with Crippen molar-refractivity contribution in [3.05, 3.63) is 163 Å². The van der Waals surface area contributed by atoms with Gasteiger partial charge in [-0.2, -0.15) is 0 Å². The minimum absolute atomic E-state index is 0.0379. The molecule has 0 radical (unpaired) electrons. The second-order valence-electron chi connectivity index (χ2n) is 18.2. The molecule has 3 aromatic heterocycles. The van der Waals surface area contributed by atoms with Gasteiger partial charge in [0.2, 0.25) is 0 Å². The molecule has 1 atom stereocenters. The van der Waals surface area contributed by atoms with Gasteiger partial charge in [-0.05, 0) is 99.5 Å². The van der Waals surface area contributed by atoms with Gasteiger partial charge in [0.15, 0.2) is 17.5 Å². The van der Waals surface area contributed by atoms with Crippen molar-refractivity contribution in [3.8, 4) is 45.3 Å².